The Morgan fingerprint density at radius 2 is 1.53 bits per heavy atom. The molecule has 2 aliphatic heterocycles. The number of carbonyl (C=O) groups excluding carboxylic acids is 2. The van der Waals surface area contributed by atoms with Crippen LogP contribution in [-0.2, 0) is 12.1 Å². The predicted molar refractivity (Wildman–Crippen MR) is 121 cm³/mol. The van der Waals surface area contributed by atoms with E-state index in [0.29, 0.717) is 56.0 Å². The Hall–Kier alpha value is -2.81. The molecule has 0 N–H and O–H groups in total. The van der Waals surface area contributed by atoms with Gasteiger partial charge in [-0.3, -0.25) is 14.5 Å². The molecule has 0 atom stereocenters. The molecule has 6 nitrogen and oxygen atoms in total. The molecule has 0 aliphatic carbocycles. The van der Waals surface area contributed by atoms with Gasteiger partial charge in [-0.05, 0) is 77.1 Å². The van der Waals surface area contributed by atoms with Gasteiger partial charge < -0.3 is 14.2 Å². The minimum absolute atomic E-state index is 0.0843. The number of nitrogens with zero attached hydrogens (tertiary/aromatic N) is 3. The van der Waals surface area contributed by atoms with Crippen molar-refractivity contribution in [3.05, 3.63) is 53.3 Å². The minimum Gasteiger partial charge on any atom is -0.488 e. The zero-order valence-corrected chi connectivity index (χ0v) is 19.9. The normalized spacial score (nSPS) is 18.6. The Morgan fingerprint density at radius 3 is 2.09 bits per heavy atom. The number of hydrogen-bond donors (Lipinski definition) is 0. The van der Waals surface area contributed by atoms with Crippen LogP contribution in [0.4, 0.5) is 13.2 Å². The topological polar surface area (TPSA) is 54.8 Å². The van der Waals surface area contributed by atoms with Crippen LogP contribution in [0.15, 0.2) is 36.4 Å². The first-order valence-electron chi connectivity index (χ1n) is 11.4. The molecule has 9 heteroatoms. The summed E-state index contributed by atoms with van der Waals surface area (Å²) in [6.07, 6.45) is -3.76. The summed E-state index contributed by atoms with van der Waals surface area (Å²) in [5.41, 5.74) is 0.121. The van der Waals surface area contributed by atoms with Gasteiger partial charge in [-0.1, -0.05) is 0 Å². The van der Waals surface area contributed by atoms with Gasteiger partial charge in [0, 0.05) is 37.4 Å². The van der Waals surface area contributed by atoms with E-state index in [1.165, 1.54) is 10.6 Å². The van der Waals surface area contributed by atoms with Gasteiger partial charge in [-0.25, -0.2) is 0 Å². The summed E-state index contributed by atoms with van der Waals surface area (Å²) in [6, 6.07) is 9.99. The predicted octanol–water partition coefficient (Wildman–Crippen LogP) is 4.49. The van der Waals surface area contributed by atoms with Crippen LogP contribution in [0, 0.1) is 0 Å². The Bertz CT molecular complexity index is 1080. The maximum absolute atomic E-state index is 13.1. The fourth-order valence-electron chi connectivity index (χ4n) is 5.04. The molecule has 34 heavy (non-hydrogen) atoms. The zero-order chi connectivity index (χ0) is 24.9. The van der Waals surface area contributed by atoms with E-state index in [2.05, 4.69) is 4.90 Å². The summed E-state index contributed by atoms with van der Waals surface area (Å²) < 4.78 is 46.6. The van der Waals surface area contributed by atoms with E-state index in [0.717, 1.165) is 0 Å². The number of likely N-dealkylation sites (tertiary alicyclic amines) is 1. The van der Waals surface area contributed by atoms with Crippen molar-refractivity contribution in [2.75, 3.05) is 26.7 Å². The van der Waals surface area contributed by atoms with Gasteiger partial charge in [-0.2, -0.15) is 13.2 Å². The number of Topliss-reactive ketones (excluding diaryl/α,β-unsaturated/α-hetero) is 1. The molecule has 1 saturated heterocycles. The summed E-state index contributed by atoms with van der Waals surface area (Å²) in [7, 11) is 1.95. The summed E-state index contributed by atoms with van der Waals surface area (Å²) in [5, 5.41) is 0. The van der Waals surface area contributed by atoms with Gasteiger partial charge in [0.1, 0.15) is 11.4 Å². The summed E-state index contributed by atoms with van der Waals surface area (Å²) >= 11 is 0. The van der Waals surface area contributed by atoms with Crippen molar-refractivity contribution in [2.24, 2.45) is 0 Å². The number of aromatic nitrogens is 1. The monoisotopic (exact) mass is 477 g/mol. The Balaban J connectivity index is 1.50. The molecule has 0 saturated carbocycles. The largest absolute Gasteiger partial charge is 0.488 e. The molecule has 184 valence electrons. The molecular weight excluding hydrogens is 447 g/mol. The quantitative estimate of drug-likeness (QED) is 0.612. The van der Waals surface area contributed by atoms with Gasteiger partial charge >= 0.3 is 6.18 Å². The molecule has 1 spiro atoms. The van der Waals surface area contributed by atoms with E-state index >= 15 is 0 Å². The number of fused-ring (bicyclic) bond motifs is 2. The van der Waals surface area contributed by atoms with Crippen molar-refractivity contribution in [1.82, 2.24) is 14.4 Å². The van der Waals surface area contributed by atoms with Gasteiger partial charge in [0.2, 0.25) is 0 Å². The van der Waals surface area contributed by atoms with Crippen LogP contribution >= 0.6 is 0 Å². The number of alkyl halides is 3. The Morgan fingerprint density at radius 1 is 0.912 bits per heavy atom. The third kappa shape index (κ3) is 4.45. The van der Waals surface area contributed by atoms with Crippen molar-refractivity contribution in [3.8, 4) is 5.75 Å². The van der Waals surface area contributed by atoms with E-state index in [-0.39, 0.29) is 17.2 Å². The number of ether oxygens (including phenoxy) is 1. The second kappa shape index (κ2) is 8.45. The van der Waals surface area contributed by atoms with Crippen molar-refractivity contribution in [1.29, 1.82) is 0 Å². The molecule has 3 heterocycles. The highest BCUT2D eigenvalue weighted by atomic mass is 19.4. The van der Waals surface area contributed by atoms with Crippen molar-refractivity contribution >= 4 is 11.7 Å². The minimum atomic E-state index is -4.91. The molecule has 2 aromatic rings. The number of rotatable bonds is 3. The van der Waals surface area contributed by atoms with E-state index in [4.69, 9.17) is 4.74 Å². The average molecular weight is 478 g/mol. The van der Waals surface area contributed by atoms with Crippen molar-refractivity contribution < 1.29 is 27.5 Å². The molecule has 1 amide bonds. The van der Waals surface area contributed by atoms with Crippen molar-refractivity contribution in [3.63, 3.8) is 0 Å². The lowest BCUT2D eigenvalue weighted by Crippen LogP contribution is -2.56. The summed E-state index contributed by atoms with van der Waals surface area (Å²) in [5.74, 6) is -1.21. The van der Waals surface area contributed by atoms with Crippen LogP contribution in [0.1, 0.15) is 60.2 Å². The maximum Gasteiger partial charge on any atom is 0.456 e. The van der Waals surface area contributed by atoms with Gasteiger partial charge in [-0.15, -0.1) is 0 Å². The number of ketones is 1. The summed E-state index contributed by atoms with van der Waals surface area (Å²) in [4.78, 5) is 28.9. The van der Waals surface area contributed by atoms with Crippen LogP contribution in [0.3, 0.4) is 0 Å². The molecule has 0 bridgehead atoms. The Kier molecular flexibility index (Phi) is 6.04. The molecule has 0 radical (unpaired) electrons. The lowest BCUT2D eigenvalue weighted by Gasteiger charge is -2.50. The van der Waals surface area contributed by atoms with Crippen LogP contribution in [0.2, 0.25) is 0 Å². The third-order valence-electron chi connectivity index (χ3n) is 6.74. The van der Waals surface area contributed by atoms with E-state index in [9.17, 15) is 22.8 Å². The number of halogens is 3. The SMILES string of the molecule is CN1CCn2c(C(=O)C(F)(F)F)ccc2C12CCN(C(=O)c1ccc(OC(C)(C)C)cc1)CC2. The number of amides is 1. The van der Waals surface area contributed by atoms with E-state index < -0.39 is 17.5 Å². The number of hydrogen-bond acceptors (Lipinski definition) is 4. The molecule has 1 aromatic heterocycles. The van der Waals surface area contributed by atoms with Gasteiger partial charge in [0.05, 0.1) is 11.2 Å². The first-order chi connectivity index (χ1) is 15.8. The van der Waals surface area contributed by atoms with Crippen LogP contribution in [0.25, 0.3) is 0 Å². The highest BCUT2D eigenvalue weighted by molar-refractivity contribution is 5.99. The highest BCUT2D eigenvalue weighted by Crippen LogP contribution is 2.42. The maximum atomic E-state index is 13.1. The smallest absolute Gasteiger partial charge is 0.456 e. The number of piperidine rings is 1. The van der Waals surface area contributed by atoms with Crippen LogP contribution in [-0.4, -0.2) is 64.5 Å². The van der Waals surface area contributed by atoms with E-state index in [1.807, 2.05) is 27.8 Å². The molecular formula is C25H30F3N3O3. The zero-order valence-electron chi connectivity index (χ0n) is 19.9. The Labute approximate surface area is 197 Å². The second-order valence-corrected chi connectivity index (χ2v) is 10.1. The molecule has 0 unspecified atom stereocenters. The number of carbonyl (C=O) groups is 2. The standard InChI is InChI=1S/C25H30F3N3O3/c1-23(2,3)34-18-7-5-17(6-8-18)22(33)30-13-11-24(12-14-30)20-10-9-19(21(32)25(26,27)28)31(20)16-15-29(24)4/h5-10H,11-16H2,1-4H3. The number of benzene rings is 1. The van der Waals surface area contributed by atoms with Crippen LogP contribution < -0.4 is 4.74 Å². The first-order valence-corrected chi connectivity index (χ1v) is 11.4. The molecule has 1 aromatic carbocycles. The lowest BCUT2D eigenvalue weighted by atomic mass is 9.81. The third-order valence-corrected chi connectivity index (χ3v) is 6.74. The molecule has 2 aliphatic rings. The fourth-order valence-corrected chi connectivity index (χ4v) is 5.04. The fraction of sp³-hybridized carbons (Fsp3) is 0.520. The highest BCUT2D eigenvalue weighted by Gasteiger charge is 2.47. The van der Waals surface area contributed by atoms with E-state index in [1.54, 1.807) is 35.2 Å². The molecule has 1 fully saturated rings. The first kappa shape index (κ1) is 24.3. The number of likely N-dealkylation sites (N-methyl/N-ethyl adjacent to an activating group) is 1. The van der Waals surface area contributed by atoms with Gasteiger partial charge in [0.15, 0.2) is 0 Å². The van der Waals surface area contributed by atoms with Crippen molar-refractivity contribution in [2.45, 2.75) is 57.5 Å². The average Bonchev–Trinajstić information content (AvgIpc) is 3.19. The van der Waals surface area contributed by atoms with Gasteiger partial charge in [0.25, 0.3) is 11.7 Å². The summed E-state index contributed by atoms with van der Waals surface area (Å²) in [6.45, 7) is 7.66. The lowest BCUT2D eigenvalue weighted by molar-refractivity contribution is -0.0892. The second-order valence-electron chi connectivity index (χ2n) is 10.1. The molecule has 4 rings (SSSR count). The van der Waals surface area contributed by atoms with Crippen LogP contribution in [0.5, 0.6) is 5.75 Å².